The first kappa shape index (κ1) is 17.1. The maximum atomic E-state index is 13.1. The molecule has 0 unspecified atom stereocenters. The van der Waals surface area contributed by atoms with Crippen molar-refractivity contribution in [3.63, 3.8) is 0 Å². The second kappa shape index (κ2) is 7.42. The van der Waals surface area contributed by atoms with E-state index in [1.165, 1.54) is 12.1 Å². The first-order valence-corrected chi connectivity index (χ1v) is 7.90. The summed E-state index contributed by atoms with van der Waals surface area (Å²) in [6.45, 7) is 0.600. The van der Waals surface area contributed by atoms with Crippen LogP contribution < -0.4 is 5.48 Å². The smallest absolute Gasteiger partial charge is 0.293 e. The molecule has 0 atom stereocenters. The summed E-state index contributed by atoms with van der Waals surface area (Å²) in [5, 5.41) is 18.7. The third-order valence-corrected chi connectivity index (χ3v) is 4.05. The number of hydrogen-bond acceptors (Lipinski definition) is 4. The number of carbonyl (C=O) groups excluding carboxylic acids is 1. The molecule has 0 fully saturated rings. The third-order valence-electron chi connectivity index (χ3n) is 4.05. The number of aromatic nitrogens is 2. The first-order valence-electron chi connectivity index (χ1n) is 7.90. The monoisotopic (exact) mass is 343 g/mol. The van der Waals surface area contributed by atoms with Crippen molar-refractivity contribution in [3.05, 3.63) is 65.4 Å². The van der Waals surface area contributed by atoms with E-state index < -0.39 is 5.91 Å². The number of pyridine rings is 1. The van der Waals surface area contributed by atoms with Gasteiger partial charge in [-0.15, -0.1) is 0 Å². The lowest BCUT2D eigenvalue weighted by molar-refractivity contribution is 0.0701. The second-order valence-corrected chi connectivity index (χ2v) is 5.76. The van der Waals surface area contributed by atoms with Crippen LogP contribution in [0, 0.1) is 5.82 Å². The van der Waals surface area contributed by atoms with Crippen LogP contribution in [-0.4, -0.2) is 32.4 Å². The highest BCUT2D eigenvalue weighted by Gasteiger charge is 2.13. The number of nitrogens with one attached hydrogen (secondary N) is 1. The molecule has 0 saturated heterocycles. The van der Waals surface area contributed by atoms with Crippen LogP contribution in [0.15, 0.2) is 42.7 Å². The summed E-state index contributed by atoms with van der Waals surface area (Å²) < 4.78 is 15.1. The number of halogens is 1. The Hall–Kier alpha value is -2.77. The molecule has 3 rings (SSSR count). The summed E-state index contributed by atoms with van der Waals surface area (Å²) in [7, 11) is 0. The lowest BCUT2D eigenvalue weighted by atomic mass is 10.1. The van der Waals surface area contributed by atoms with E-state index in [9.17, 15) is 9.18 Å². The predicted octanol–water partition coefficient (Wildman–Crippen LogP) is 2.27. The zero-order valence-corrected chi connectivity index (χ0v) is 13.4. The number of nitrogens with zero attached hydrogens (tertiary/aromatic N) is 2. The molecular weight excluding hydrogens is 325 g/mol. The van der Waals surface area contributed by atoms with Gasteiger partial charge in [0.1, 0.15) is 11.5 Å². The summed E-state index contributed by atoms with van der Waals surface area (Å²) in [6.07, 6.45) is 4.77. The minimum atomic E-state index is -0.679. The fourth-order valence-corrected chi connectivity index (χ4v) is 2.83. The van der Waals surface area contributed by atoms with Gasteiger partial charge in [0.25, 0.3) is 5.91 Å². The van der Waals surface area contributed by atoms with E-state index in [0.717, 1.165) is 22.0 Å². The van der Waals surface area contributed by atoms with Crippen LogP contribution in [0.4, 0.5) is 4.39 Å². The standard InChI is InChI=1S/C18H18FN3O3/c19-14-5-3-12(4-6-14)10-22-11-13(2-1-7-23)15-8-16(18(24)21-25)20-9-17(15)22/h3-6,8-9,11,23,25H,1-2,7,10H2,(H,21,24). The number of aliphatic hydroxyl groups excluding tert-OH is 1. The second-order valence-electron chi connectivity index (χ2n) is 5.76. The van der Waals surface area contributed by atoms with Crippen LogP contribution in [0.1, 0.15) is 28.0 Å². The number of amides is 1. The van der Waals surface area contributed by atoms with E-state index in [4.69, 9.17) is 10.3 Å². The molecule has 1 amide bonds. The van der Waals surface area contributed by atoms with E-state index in [1.807, 2.05) is 10.8 Å². The summed E-state index contributed by atoms with van der Waals surface area (Å²) >= 11 is 0. The van der Waals surface area contributed by atoms with Gasteiger partial charge in [0, 0.05) is 24.7 Å². The lowest BCUT2D eigenvalue weighted by Gasteiger charge is -2.06. The number of hydrogen-bond donors (Lipinski definition) is 3. The molecule has 0 aliphatic heterocycles. The third kappa shape index (κ3) is 3.67. The molecule has 25 heavy (non-hydrogen) atoms. The number of rotatable bonds is 6. The van der Waals surface area contributed by atoms with Crippen LogP contribution in [0.5, 0.6) is 0 Å². The van der Waals surface area contributed by atoms with E-state index >= 15 is 0 Å². The topological polar surface area (TPSA) is 87.4 Å². The summed E-state index contributed by atoms with van der Waals surface area (Å²) in [6, 6.07) is 7.88. The highest BCUT2D eigenvalue weighted by Crippen LogP contribution is 2.24. The summed E-state index contributed by atoms with van der Waals surface area (Å²) in [4.78, 5) is 15.7. The zero-order chi connectivity index (χ0) is 17.8. The van der Waals surface area contributed by atoms with Crippen molar-refractivity contribution < 1.29 is 19.5 Å². The zero-order valence-electron chi connectivity index (χ0n) is 13.4. The Morgan fingerprint density at radius 3 is 2.72 bits per heavy atom. The molecule has 6 nitrogen and oxygen atoms in total. The van der Waals surface area contributed by atoms with Crippen molar-refractivity contribution in [1.82, 2.24) is 15.0 Å². The molecule has 0 spiro atoms. The van der Waals surface area contributed by atoms with Gasteiger partial charge in [-0.1, -0.05) is 12.1 Å². The average molecular weight is 343 g/mol. The molecule has 0 bridgehead atoms. The number of aryl methyl sites for hydroxylation is 1. The lowest BCUT2D eigenvalue weighted by Crippen LogP contribution is -2.19. The van der Waals surface area contributed by atoms with Gasteiger partial charge in [0.15, 0.2) is 0 Å². The molecule has 0 aliphatic carbocycles. The molecule has 0 aliphatic rings. The van der Waals surface area contributed by atoms with Crippen molar-refractivity contribution in [2.24, 2.45) is 0 Å². The van der Waals surface area contributed by atoms with Gasteiger partial charge >= 0.3 is 0 Å². The van der Waals surface area contributed by atoms with E-state index in [1.54, 1.807) is 29.9 Å². The largest absolute Gasteiger partial charge is 0.396 e. The Labute approximate surface area is 143 Å². The van der Waals surface area contributed by atoms with Crippen molar-refractivity contribution in [1.29, 1.82) is 0 Å². The number of hydroxylamine groups is 1. The molecule has 2 heterocycles. The van der Waals surface area contributed by atoms with Gasteiger partial charge in [0.05, 0.1) is 11.7 Å². The molecule has 0 saturated carbocycles. The molecule has 2 aromatic heterocycles. The van der Waals surface area contributed by atoms with Crippen LogP contribution in [0.25, 0.3) is 10.9 Å². The van der Waals surface area contributed by atoms with Gasteiger partial charge in [-0.25, -0.2) is 14.9 Å². The van der Waals surface area contributed by atoms with E-state index in [0.29, 0.717) is 19.4 Å². The SMILES string of the molecule is O=C(NO)c1cc2c(CCCO)cn(Cc3ccc(F)cc3)c2cn1. The molecule has 3 aromatic rings. The van der Waals surface area contributed by atoms with Gasteiger partial charge in [-0.2, -0.15) is 0 Å². The number of carbonyl (C=O) groups is 1. The first-order chi connectivity index (χ1) is 12.1. The van der Waals surface area contributed by atoms with Gasteiger partial charge in [0.2, 0.25) is 0 Å². The fourth-order valence-electron chi connectivity index (χ4n) is 2.83. The quantitative estimate of drug-likeness (QED) is 0.473. The molecule has 0 radical (unpaired) electrons. The van der Waals surface area contributed by atoms with E-state index in [2.05, 4.69) is 4.98 Å². The Kier molecular flexibility index (Phi) is 5.06. The molecule has 3 N–H and O–H groups in total. The minimum Gasteiger partial charge on any atom is -0.396 e. The molecule has 130 valence electrons. The van der Waals surface area contributed by atoms with Crippen LogP contribution >= 0.6 is 0 Å². The maximum absolute atomic E-state index is 13.1. The number of aliphatic hydroxyl groups is 1. The Balaban J connectivity index is 2.02. The summed E-state index contributed by atoms with van der Waals surface area (Å²) in [5.41, 5.74) is 4.42. The van der Waals surface area contributed by atoms with Crippen LogP contribution in [0.3, 0.4) is 0 Å². The molecular formula is C18H18FN3O3. The van der Waals surface area contributed by atoms with Crippen molar-refractivity contribution in [2.75, 3.05) is 6.61 Å². The van der Waals surface area contributed by atoms with E-state index in [-0.39, 0.29) is 18.1 Å². The Morgan fingerprint density at radius 1 is 1.28 bits per heavy atom. The van der Waals surface area contributed by atoms with Crippen LogP contribution in [-0.2, 0) is 13.0 Å². The molecule has 1 aromatic carbocycles. The fraction of sp³-hybridized carbons (Fsp3) is 0.222. The maximum Gasteiger partial charge on any atom is 0.293 e. The summed E-state index contributed by atoms with van der Waals surface area (Å²) in [5.74, 6) is -0.965. The normalized spacial score (nSPS) is 11.0. The average Bonchev–Trinajstić information content (AvgIpc) is 2.98. The Bertz CT molecular complexity index is 890. The van der Waals surface area contributed by atoms with Crippen molar-refractivity contribution >= 4 is 16.8 Å². The highest BCUT2D eigenvalue weighted by atomic mass is 19.1. The van der Waals surface area contributed by atoms with Crippen molar-refractivity contribution in [3.8, 4) is 0 Å². The highest BCUT2D eigenvalue weighted by molar-refractivity contribution is 5.96. The Morgan fingerprint density at radius 2 is 2.04 bits per heavy atom. The van der Waals surface area contributed by atoms with Crippen LogP contribution in [0.2, 0.25) is 0 Å². The predicted molar refractivity (Wildman–Crippen MR) is 89.9 cm³/mol. The van der Waals surface area contributed by atoms with Gasteiger partial charge < -0.3 is 9.67 Å². The van der Waals surface area contributed by atoms with Crippen molar-refractivity contribution in [2.45, 2.75) is 19.4 Å². The minimum absolute atomic E-state index is 0.0691. The number of benzene rings is 1. The van der Waals surface area contributed by atoms with Gasteiger partial charge in [-0.05, 0) is 42.2 Å². The molecule has 7 heteroatoms. The number of fused-ring (bicyclic) bond motifs is 1. The van der Waals surface area contributed by atoms with Gasteiger partial charge in [-0.3, -0.25) is 10.0 Å².